The van der Waals surface area contributed by atoms with Crippen LogP contribution >= 0.6 is 0 Å². The Labute approximate surface area is 123 Å². The van der Waals surface area contributed by atoms with Crippen molar-refractivity contribution in [1.29, 1.82) is 0 Å². The first-order valence-corrected chi connectivity index (χ1v) is 8.29. The highest BCUT2D eigenvalue weighted by Gasteiger charge is 2.19. The van der Waals surface area contributed by atoms with Crippen molar-refractivity contribution in [2.75, 3.05) is 12.3 Å². The second-order valence-electron chi connectivity index (χ2n) is 4.61. The summed E-state index contributed by atoms with van der Waals surface area (Å²) >= 11 is 0. The topological polar surface area (TPSA) is 106 Å². The van der Waals surface area contributed by atoms with Crippen LogP contribution < -0.4 is 5.32 Å². The van der Waals surface area contributed by atoms with Crippen LogP contribution in [-0.2, 0) is 20.4 Å². The van der Waals surface area contributed by atoms with Crippen LogP contribution in [0.5, 0.6) is 0 Å². The van der Waals surface area contributed by atoms with E-state index < -0.39 is 14.8 Å². The van der Waals surface area contributed by atoms with Gasteiger partial charge in [0.25, 0.3) is 5.69 Å². The van der Waals surface area contributed by atoms with E-state index in [1.165, 1.54) is 19.1 Å². The largest absolute Gasteiger partial charge is 0.356 e. The number of hydrogen-bond acceptors (Lipinski definition) is 5. The zero-order valence-corrected chi connectivity index (χ0v) is 12.8. The van der Waals surface area contributed by atoms with Crippen LogP contribution in [0.3, 0.4) is 0 Å². The molecule has 0 heterocycles. The molecule has 1 amide bonds. The average molecular weight is 314 g/mol. The Balaban J connectivity index is 2.83. The Hall–Kier alpha value is -1.96. The molecule has 1 aromatic rings. The van der Waals surface area contributed by atoms with Crippen molar-refractivity contribution in [3.63, 3.8) is 0 Å². The maximum atomic E-state index is 12.0. The van der Waals surface area contributed by atoms with Gasteiger partial charge in [0.15, 0.2) is 9.84 Å². The molecule has 8 heteroatoms. The number of sulfone groups is 1. The molecule has 0 spiro atoms. The van der Waals surface area contributed by atoms with Gasteiger partial charge in [-0.2, -0.15) is 0 Å². The average Bonchev–Trinajstić information content (AvgIpc) is 2.39. The van der Waals surface area contributed by atoms with E-state index >= 15 is 0 Å². The molecular weight excluding hydrogens is 296 g/mol. The SMILES string of the molecule is CCNC(=O)CCS(=O)(=O)Cc1cccc([N+](=O)[O-])c1C. The molecule has 1 aromatic carbocycles. The third kappa shape index (κ3) is 5.14. The number of benzene rings is 1. The number of nitrogens with zero attached hydrogens (tertiary/aromatic N) is 1. The summed E-state index contributed by atoms with van der Waals surface area (Å²) in [5.74, 6) is -0.905. The molecule has 0 aliphatic heterocycles. The standard InChI is InChI=1S/C13H18N2O5S/c1-3-14-13(16)7-8-21(19,20)9-11-5-4-6-12(10(11)2)15(17)18/h4-6H,3,7-9H2,1-2H3,(H,14,16). The maximum absolute atomic E-state index is 12.0. The molecule has 0 radical (unpaired) electrons. The van der Waals surface area contributed by atoms with Gasteiger partial charge in [0, 0.05) is 24.6 Å². The molecule has 7 nitrogen and oxygen atoms in total. The lowest BCUT2D eigenvalue weighted by molar-refractivity contribution is -0.385. The maximum Gasteiger partial charge on any atom is 0.272 e. The second-order valence-corrected chi connectivity index (χ2v) is 6.80. The lowest BCUT2D eigenvalue weighted by atomic mass is 10.1. The minimum Gasteiger partial charge on any atom is -0.356 e. The molecule has 1 rings (SSSR count). The van der Waals surface area contributed by atoms with Crippen LogP contribution in [0.1, 0.15) is 24.5 Å². The summed E-state index contributed by atoms with van der Waals surface area (Å²) in [5.41, 5.74) is 0.621. The van der Waals surface area contributed by atoms with Crippen LogP contribution in [0.4, 0.5) is 5.69 Å². The van der Waals surface area contributed by atoms with Crippen molar-refractivity contribution < 1.29 is 18.1 Å². The van der Waals surface area contributed by atoms with Crippen LogP contribution in [-0.4, -0.2) is 31.5 Å². The lowest BCUT2D eigenvalue weighted by Gasteiger charge is -2.08. The summed E-state index contributed by atoms with van der Waals surface area (Å²) in [7, 11) is -3.50. The molecule has 1 N–H and O–H groups in total. The Morgan fingerprint density at radius 1 is 1.38 bits per heavy atom. The minimum absolute atomic E-state index is 0.105. The number of hydrogen-bond donors (Lipinski definition) is 1. The van der Waals surface area contributed by atoms with Gasteiger partial charge in [-0.15, -0.1) is 0 Å². The highest BCUT2D eigenvalue weighted by atomic mass is 32.2. The van der Waals surface area contributed by atoms with Crippen molar-refractivity contribution in [1.82, 2.24) is 5.32 Å². The molecule has 116 valence electrons. The number of amides is 1. The van der Waals surface area contributed by atoms with Crippen LogP contribution in [0, 0.1) is 17.0 Å². The number of rotatable bonds is 7. The molecule has 0 saturated carbocycles. The molecule has 0 aromatic heterocycles. The molecule has 0 bridgehead atoms. The fourth-order valence-electron chi connectivity index (χ4n) is 1.87. The zero-order chi connectivity index (χ0) is 16.0. The van der Waals surface area contributed by atoms with Gasteiger partial charge >= 0.3 is 0 Å². The molecule has 21 heavy (non-hydrogen) atoms. The van der Waals surface area contributed by atoms with Crippen molar-refractivity contribution in [3.8, 4) is 0 Å². The summed E-state index contributed by atoms with van der Waals surface area (Å²) < 4.78 is 24.0. The van der Waals surface area contributed by atoms with Crippen molar-refractivity contribution in [2.24, 2.45) is 0 Å². The van der Waals surface area contributed by atoms with Gasteiger partial charge in [0.05, 0.1) is 16.4 Å². The number of nitro groups is 1. The molecular formula is C13H18N2O5S. The predicted octanol–water partition coefficient (Wildman–Crippen LogP) is 1.34. The molecule has 0 atom stereocenters. The molecule has 0 saturated heterocycles. The quantitative estimate of drug-likeness (QED) is 0.604. The van der Waals surface area contributed by atoms with E-state index in [2.05, 4.69) is 5.32 Å². The van der Waals surface area contributed by atoms with E-state index in [4.69, 9.17) is 0 Å². The number of nitrogens with one attached hydrogen (secondary N) is 1. The van der Waals surface area contributed by atoms with Gasteiger partial charge in [-0.3, -0.25) is 14.9 Å². The van der Waals surface area contributed by atoms with Gasteiger partial charge < -0.3 is 5.32 Å². The number of nitro benzene ring substituents is 1. The van der Waals surface area contributed by atoms with Gasteiger partial charge in [0.1, 0.15) is 0 Å². The third-order valence-corrected chi connectivity index (χ3v) is 4.58. The first-order valence-electron chi connectivity index (χ1n) is 6.47. The molecule has 0 unspecified atom stereocenters. The molecule has 0 fully saturated rings. The highest BCUT2D eigenvalue weighted by Crippen LogP contribution is 2.22. The summed E-state index contributed by atoms with van der Waals surface area (Å²) in [6.45, 7) is 3.72. The van der Waals surface area contributed by atoms with Gasteiger partial charge in [-0.05, 0) is 19.4 Å². The fourth-order valence-corrected chi connectivity index (χ4v) is 3.29. The number of carbonyl (C=O) groups excluding carboxylic acids is 1. The Morgan fingerprint density at radius 2 is 2.05 bits per heavy atom. The van der Waals surface area contributed by atoms with Crippen molar-refractivity contribution in [2.45, 2.75) is 26.0 Å². The molecule has 0 aliphatic carbocycles. The number of carbonyl (C=O) groups is 1. The van der Waals surface area contributed by atoms with Crippen LogP contribution in [0.25, 0.3) is 0 Å². The highest BCUT2D eigenvalue weighted by molar-refractivity contribution is 7.90. The van der Waals surface area contributed by atoms with E-state index in [0.29, 0.717) is 17.7 Å². The molecule has 0 aliphatic rings. The normalized spacial score (nSPS) is 11.1. The summed E-state index contributed by atoms with van der Waals surface area (Å²) in [6.07, 6.45) is -0.107. The van der Waals surface area contributed by atoms with E-state index in [1.807, 2.05) is 0 Å². The Bertz CT molecular complexity index is 640. The first kappa shape index (κ1) is 17.1. The van der Waals surface area contributed by atoms with Crippen LogP contribution in [0.15, 0.2) is 18.2 Å². The Morgan fingerprint density at radius 3 is 2.62 bits per heavy atom. The summed E-state index contributed by atoms with van der Waals surface area (Å²) in [6, 6.07) is 4.34. The van der Waals surface area contributed by atoms with E-state index in [9.17, 15) is 23.3 Å². The third-order valence-electron chi connectivity index (χ3n) is 3.00. The lowest BCUT2D eigenvalue weighted by Crippen LogP contribution is -2.25. The Kier molecular flexibility index (Phi) is 5.83. The van der Waals surface area contributed by atoms with E-state index in [-0.39, 0.29) is 29.5 Å². The minimum atomic E-state index is -3.50. The van der Waals surface area contributed by atoms with Crippen LogP contribution in [0.2, 0.25) is 0 Å². The van der Waals surface area contributed by atoms with Crippen molar-refractivity contribution >= 4 is 21.4 Å². The summed E-state index contributed by atoms with van der Waals surface area (Å²) in [4.78, 5) is 21.6. The monoisotopic (exact) mass is 314 g/mol. The van der Waals surface area contributed by atoms with Gasteiger partial charge in [-0.25, -0.2) is 8.42 Å². The van der Waals surface area contributed by atoms with E-state index in [1.54, 1.807) is 13.0 Å². The zero-order valence-electron chi connectivity index (χ0n) is 12.0. The van der Waals surface area contributed by atoms with Crippen molar-refractivity contribution in [3.05, 3.63) is 39.4 Å². The second kappa shape index (κ2) is 7.16. The fraction of sp³-hybridized carbons (Fsp3) is 0.462. The van der Waals surface area contributed by atoms with E-state index in [0.717, 1.165) is 0 Å². The van der Waals surface area contributed by atoms with Gasteiger partial charge in [-0.1, -0.05) is 12.1 Å². The first-order chi connectivity index (χ1) is 9.76. The predicted molar refractivity (Wildman–Crippen MR) is 78.6 cm³/mol. The van der Waals surface area contributed by atoms with Gasteiger partial charge in [0.2, 0.25) is 5.91 Å². The smallest absolute Gasteiger partial charge is 0.272 e. The summed E-state index contributed by atoms with van der Waals surface area (Å²) in [5, 5.41) is 13.4.